The molecule has 10 aromatic rings. The third-order valence-corrected chi connectivity index (χ3v) is 11.8. The monoisotopic (exact) mass is 890 g/mol. The van der Waals surface area contributed by atoms with Gasteiger partial charge in [-0.05, 0) is 74.5 Å². The van der Waals surface area contributed by atoms with Gasteiger partial charge in [0.1, 0.15) is 32.7 Å². The lowest BCUT2D eigenvalue weighted by Crippen LogP contribution is -2.28. The summed E-state index contributed by atoms with van der Waals surface area (Å²) in [5.74, 6) is 1.79. The summed E-state index contributed by atoms with van der Waals surface area (Å²) in [4.78, 5) is 43.4. The van der Waals surface area contributed by atoms with Crippen molar-refractivity contribution in [3.8, 4) is 0 Å². The number of carbonyl (C=O) groups is 2. The molecule has 20 heteroatoms. The van der Waals surface area contributed by atoms with Crippen LogP contribution in [0.5, 0.6) is 0 Å². The van der Waals surface area contributed by atoms with Crippen molar-refractivity contribution in [3.05, 3.63) is 139 Å². The van der Waals surface area contributed by atoms with E-state index in [9.17, 15) is 9.59 Å². The Kier molecular flexibility index (Phi) is 11.8. The van der Waals surface area contributed by atoms with Crippen LogP contribution in [0.1, 0.15) is 40.5 Å². The summed E-state index contributed by atoms with van der Waals surface area (Å²) in [7, 11) is 0. The number of para-hydroxylation sites is 2. The Bertz CT molecular complexity index is 2990. The van der Waals surface area contributed by atoms with Crippen LogP contribution in [0.15, 0.2) is 95.7 Å². The number of imidazole rings is 2. The molecule has 6 heterocycles. The maximum Gasteiger partial charge on any atom is 0.344 e. The Balaban J connectivity index is 0.000000166. The van der Waals surface area contributed by atoms with E-state index in [-0.39, 0.29) is 19.5 Å². The molecule has 0 aliphatic carbocycles. The number of nitrogens with one attached hydrogen (secondary N) is 2. The van der Waals surface area contributed by atoms with Crippen molar-refractivity contribution in [2.75, 3.05) is 0 Å². The number of aromatic nitrogens is 12. The van der Waals surface area contributed by atoms with E-state index in [1.807, 2.05) is 97.4 Å². The number of halogens is 2. The van der Waals surface area contributed by atoms with Crippen molar-refractivity contribution in [2.45, 2.75) is 47.5 Å². The molecule has 0 aliphatic heterocycles. The van der Waals surface area contributed by atoms with E-state index in [1.165, 1.54) is 32.0 Å². The van der Waals surface area contributed by atoms with Crippen molar-refractivity contribution in [2.24, 2.45) is 0 Å². The van der Waals surface area contributed by atoms with E-state index < -0.39 is 0 Å². The van der Waals surface area contributed by atoms with Crippen LogP contribution in [0.3, 0.4) is 0 Å². The smallest absolute Gasteiger partial charge is 0.330 e. The number of aryl methyl sites for hydroxylation is 2. The molecule has 10 rings (SSSR count). The summed E-state index contributed by atoms with van der Waals surface area (Å²) in [6.45, 7) is 5.72. The Morgan fingerprint density at radius 1 is 0.574 bits per heavy atom. The molecule has 0 spiro atoms. The van der Waals surface area contributed by atoms with Gasteiger partial charge in [0.15, 0.2) is 0 Å². The van der Waals surface area contributed by atoms with Gasteiger partial charge in [0.05, 0.1) is 70.7 Å². The molecule has 4 aromatic carbocycles. The number of amides is 2. The maximum atomic E-state index is 12.5. The molecular weight excluding hydrogens is 856 g/mol. The van der Waals surface area contributed by atoms with Gasteiger partial charge in [-0.25, -0.2) is 29.5 Å². The molecule has 2 N–H and O–H groups in total. The van der Waals surface area contributed by atoms with Gasteiger partial charge in [-0.2, -0.15) is 9.36 Å². The fourth-order valence-corrected chi connectivity index (χ4v) is 8.43. The van der Waals surface area contributed by atoms with Crippen molar-refractivity contribution in [3.63, 3.8) is 0 Å². The molecule has 0 bridgehead atoms. The van der Waals surface area contributed by atoms with E-state index in [1.54, 1.807) is 12.1 Å². The van der Waals surface area contributed by atoms with Gasteiger partial charge in [-0.3, -0.25) is 0 Å². The number of rotatable bonds is 8. The maximum absolute atomic E-state index is 12.5. The van der Waals surface area contributed by atoms with Gasteiger partial charge in [-0.1, -0.05) is 65.3 Å². The summed E-state index contributed by atoms with van der Waals surface area (Å²) in [5.41, 5.74) is 8.23. The number of hydrogen-bond donors (Lipinski definition) is 2. The summed E-state index contributed by atoms with van der Waals surface area (Å²) in [6, 6.07) is 25.3. The SMILES string of the molecule is C.Cc1nc2ccc(Cl)cc2n1Cc1csc(CNC(=O)n2nnc3ccccc32)n1.Cc1nc2ccc(Cl)cc2n1Cc1csc(CNC(=O)n2nnc3ccccc32)n1. The van der Waals surface area contributed by atoms with Crippen LogP contribution in [0, 0.1) is 13.8 Å². The predicted octanol–water partition coefficient (Wildman–Crippen LogP) is 8.65. The minimum atomic E-state index is -0.341. The number of hydrogen-bond acceptors (Lipinski definition) is 12. The second kappa shape index (κ2) is 17.6. The van der Waals surface area contributed by atoms with Crippen LogP contribution < -0.4 is 10.6 Å². The van der Waals surface area contributed by atoms with E-state index in [0.717, 1.165) is 55.1 Å². The third kappa shape index (κ3) is 8.69. The molecule has 0 fully saturated rings. The summed E-state index contributed by atoms with van der Waals surface area (Å²) >= 11 is 15.3. The zero-order chi connectivity index (χ0) is 41.3. The van der Waals surface area contributed by atoms with E-state index in [2.05, 4.69) is 60.3 Å². The van der Waals surface area contributed by atoms with Crippen LogP contribution >= 0.6 is 45.9 Å². The highest BCUT2D eigenvalue weighted by atomic mass is 35.5. The molecule has 0 radical (unpaired) electrons. The lowest BCUT2D eigenvalue weighted by Gasteiger charge is -2.05. The Morgan fingerprint density at radius 2 is 1.00 bits per heavy atom. The molecule has 16 nitrogen and oxygen atoms in total. The Hall–Kier alpha value is -6.60. The quantitative estimate of drug-likeness (QED) is 0.150. The van der Waals surface area contributed by atoms with E-state index >= 15 is 0 Å². The van der Waals surface area contributed by atoms with Gasteiger partial charge in [-0.15, -0.1) is 32.9 Å². The van der Waals surface area contributed by atoms with Crippen LogP contribution in [-0.4, -0.2) is 71.1 Å². The van der Waals surface area contributed by atoms with Crippen LogP contribution in [0.4, 0.5) is 9.59 Å². The third-order valence-electron chi connectivity index (χ3n) is 9.51. The number of thiazole rings is 2. The molecule has 308 valence electrons. The van der Waals surface area contributed by atoms with Crippen molar-refractivity contribution < 1.29 is 9.59 Å². The molecule has 0 saturated carbocycles. The molecule has 0 aliphatic rings. The molecular formula is C41H36Cl2N14O2S2. The van der Waals surface area contributed by atoms with Crippen LogP contribution in [0.25, 0.3) is 44.1 Å². The lowest BCUT2D eigenvalue weighted by atomic mass is 10.3. The zero-order valence-electron chi connectivity index (χ0n) is 31.8. The zero-order valence-corrected chi connectivity index (χ0v) is 35.0. The van der Waals surface area contributed by atoms with Crippen molar-refractivity contribution in [1.82, 2.24) is 69.7 Å². The minimum Gasteiger partial charge on any atom is -0.330 e. The minimum absolute atomic E-state index is 0. The average Bonchev–Trinajstić information content (AvgIpc) is 4.12. The van der Waals surface area contributed by atoms with E-state index in [0.29, 0.717) is 58.3 Å². The van der Waals surface area contributed by atoms with Crippen LogP contribution in [-0.2, 0) is 26.2 Å². The fraction of sp³-hybridized carbons (Fsp3) is 0.171. The van der Waals surface area contributed by atoms with Gasteiger partial charge in [0.25, 0.3) is 0 Å². The first kappa shape index (κ1) is 41.1. The summed E-state index contributed by atoms with van der Waals surface area (Å²) in [6.07, 6.45) is 0. The highest BCUT2D eigenvalue weighted by Gasteiger charge is 2.16. The molecule has 0 saturated heterocycles. The van der Waals surface area contributed by atoms with Gasteiger partial charge in [0.2, 0.25) is 0 Å². The highest BCUT2D eigenvalue weighted by Crippen LogP contribution is 2.24. The molecule has 61 heavy (non-hydrogen) atoms. The Morgan fingerprint density at radius 3 is 1.44 bits per heavy atom. The highest BCUT2D eigenvalue weighted by molar-refractivity contribution is 7.09. The topological polar surface area (TPSA) is 181 Å². The Labute approximate surface area is 365 Å². The number of nitrogens with zero attached hydrogens (tertiary/aromatic N) is 12. The second-order valence-electron chi connectivity index (χ2n) is 13.5. The first-order chi connectivity index (χ1) is 29.2. The number of carbonyl (C=O) groups excluding carboxylic acids is 2. The first-order valence-electron chi connectivity index (χ1n) is 18.5. The van der Waals surface area contributed by atoms with Crippen molar-refractivity contribution >= 4 is 102 Å². The lowest BCUT2D eigenvalue weighted by molar-refractivity contribution is 0.238. The van der Waals surface area contributed by atoms with Crippen LogP contribution in [0.2, 0.25) is 10.0 Å². The molecule has 0 unspecified atom stereocenters. The standard InChI is InChI=1S/2C20H16ClN7OS.CH4/c2*1-12-23-15-7-6-13(21)8-18(15)27(12)10-14-11-30-19(24-14)9-22-20(29)28-17-5-3-2-4-16(17)25-26-28;/h2*2-8,11H,9-10H2,1H3,(H,22,29);1H4. The van der Waals surface area contributed by atoms with Gasteiger partial charge < -0.3 is 19.8 Å². The number of fused-ring (bicyclic) bond motifs is 4. The van der Waals surface area contributed by atoms with Crippen molar-refractivity contribution in [1.29, 1.82) is 0 Å². The predicted molar refractivity (Wildman–Crippen MR) is 238 cm³/mol. The summed E-state index contributed by atoms with van der Waals surface area (Å²) in [5, 5.41) is 28.5. The molecule has 2 amide bonds. The van der Waals surface area contributed by atoms with Gasteiger partial charge >= 0.3 is 12.1 Å². The fourth-order valence-electron chi connectivity index (χ4n) is 6.65. The first-order valence-corrected chi connectivity index (χ1v) is 21.0. The average molecular weight is 892 g/mol. The normalized spacial score (nSPS) is 11.2. The largest absolute Gasteiger partial charge is 0.344 e. The molecule has 0 atom stereocenters. The second-order valence-corrected chi connectivity index (χ2v) is 16.3. The molecule has 6 aromatic heterocycles. The van der Waals surface area contributed by atoms with E-state index in [4.69, 9.17) is 23.2 Å². The summed E-state index contributed by atoms with van der Waals surface area (Å²) < 4.78 is 6.68. The number of benzene rings is 4. The van der Waals surface area contributed by atoms with Gasteiger partial charge in [0, 0.05) is 20.8 Å².